The molecule has 0 bridgehead atoms. The lowest BCUT2D eigenvalue weighted by Crippen LogP contribution is -2.60. The van der Waals surface area contributed by atoms with Gasteiger partial charge in [-0.3, -0.25) is 62.4 Å². The molecule has 4 aromatic carbocycles. The first kappa shape index (κ1) is 98.8. The first-order valence-corrected chi connectivity index (χ1v) is 42.9. The summed E-state index contributed by atoms with van der Waals surface area (Å²) in [6.45, 7) is 24.5. The smallest absolute Gasteiger partial charge is 0.326 e. The molecule has 0 radical (unpaired) electrons. The summed E-state index contributed by atoms with van der Waals surface area (Å²) in [6.07, 6.45) is 19.8. The Hall–Kier alpha value is -8.60. The van der Waals surface area contributed by atoms with E-state index in [2.05, 4.69) is 116 Å². The number of β-lactam (4-membered cyclic amide) rings is 2. The number of carboxylic acid groups (broad SMARTS) is 1. The fourth-order valence-electron chi connectivity index (χ4n) is 14.1. The summed E-state index contributed by atoms with van der Waals surface area (Å²) in [5.74, 6) is -6.98. The number of aliphatic carboxylic acids is 1. The topological polar surface area (TPSA) is 324 Å². The van der Waals surface area contributed by atoms with Crippen molar-refractivity contribution in [3.63, 3.8) is 0 Å². The first-order chi connectivity index (χ1) is 54.9. The minimum atomic E-state index is -1.11. The highest BCUT2D eigenvalue weighted by Crippen LogP contribution is 2.29. The first-order valence-electron chi connectivity index (χ1n) is 42.9. The molecule has 0 unspecified atom stereocenters. The molecule has 0 saturated carbocycles. The zero-order chi connectivity index (χ0) is 85.1. The van der Waals surface area contributed by atoms with Crippen molar-refractivity contribution in [3.8, 4) is 22.3 Å². The summed E-state index contributed by atoms with van der Waals surface area (Å²) in [5, 5.41) is 23.4. The van der Waals surface area contributed by atoms with E-state index in [9.17, 15) is 62.6 Å². The highest BCUT2D eigenvalue weighted by Gasteiger charge is 2.41. The van der Waals surface area contributed by atoms with Gasteiger partial charge in [-0.1, -0.05) is 270 Å². The molecule has 6 amide bonds. The average molecular weight is 1600 g/mol. The Bertz CT molecular complexity index is 3670. The molecule has 2 aliphatic heterocycles. The van der Waals surface area contributed by atoms with Crippen molar-refractivity contribution in [2.24, 2.45) is 47.2 Å². The number of aryl methyl sites for hydroxylation is 2. The molecule has 2 aliphatic rings. The normalized spacial score (nSPS) is 15.8. The molecular weight excluding hydrogens is 1460 g/mol. The maximum atomic E-state index is 13.9. The number of rotatable bonds is 54. The Labute approximate surface area is 686 Å². The lowest BCUT2D eigenvalue weighted by molar-refractivity contribution is -0.210. The van der Waals surface area contributed by atoms with Gasteiger partial charge in [-0.25, -0.2) is 14.9 Å². The Morgan fingerprint density at radius 3 is 1.05 bits per heavy atom. The van der Waals surface area contributed by atoms with Crippen LogP contribution < -0.4 is 27.0 Å². The van der Waals surface area contributed by atoms with Crippen molar-refractivity contribution in [3.05, 3.63) is 119 Å². The lowest BCUT2D eigenvalue weighted by atomic mass is 9.89. The largest absolute Gasteiger partial charge is 0.480 e. The summed E-state index contributed by atoms with van der Waals surface area (Å²) in [6, 6.07) is 28.5. The van der Waals surface area contributed by atoms with E-state index in [0.717, 1.165) is 138 Å². The third-order valence-electron chi connectivity index (χ3n) is 21.6. The number of benzene rings is 4. The molecule has 636 valence electrons. The van der Waals surface area contributed by atoms with Crippen LogP contribution >= 0.6 is 0 Å². The van der Waals surface area contributed by atoms with E-state index in [-0.39, 0.29) is 109 Å². The van der Waals surface area contributed by atoms with E-state index in [1.165, 1.54) is 35.5 Å². The van der Waals surface area contributed by atoms with Crippen LogP contribution in [0, 0.1) is 41.4 Å². The monoisotopic (exact) mass is 1590 g/mol. The number of carboxylic acids is 1. The maximum Gasteiger partial charge on any atom is 0.326 e. The number of nitrogens with zero attached hydrogens (tertiary/aromatic N) is 2. The number of carbonyl (C=O) groups is 12. The number of Topliss-reactive ketones (excluding diaryl/α,β-unsaturated/α-hetero) is 5. The van der Waals surface area contributed by atoms with Crippen molar-refractivity contribution in [1.82, 2.24) is 31.4 Å². The minimum absolute atomic E-state index is 0.01000. The van der Waals surface area contributed by atoms with E-state index in [1.54, 1.807) is 13.8 Å². The number of ketones is 5. The molecule has 6 rings (SSSR count). The van der Waals surface area contributed by atoms with Gasteiger partial charge in [-0.15, -0.1) is 0 Å². The summed E-state index contributed by atoms with van der Waals surface area (Å²) in [5.41, 5.74) is 13.2. The Balaban J connectivity index is 0.000000443. The van der Waals surface area contributed by atoms with Crippen LogP contribution in [0.1, 0.15) is 288 Å². The number of carbonyl (C=O) groups excluding carboxylic acids is 11. The fourth-order valence-corrected chi connectivity index (χ4v) is 14.1. The van der Waals surface area contributed by atoms with Crippen LogP contribution in [0.15, 0.2) is 97.1 Å². The van der Waals surface area contributed by atoms with Gasteiger partial charge >= 0.3 is 5.97 Å². The third kappa shape index (κ3) is 35.0. The molecule has 0 aromatic heterocycles. The number of nitrogens with two attached hydrogens (primary N) is 1. The molecule has 2 heterocycles. The van der Waals surface area contributed by atoms with E-state index in [0.29, 0.717) is 56.3 Å². The van der Waals surface area contributed by atoms with Crippen LogP contribution in [0.25, 0.3) is 22.3 Å². The van der Waals surface area contributed by atoms with Crippen LogP contribution in [-0.4, -0.2) is 143 Å². The molecule has 0 spiro atoms. The van der Waals surface area contributed by atoms with Crippen molar-refractivity contribution in [2.75, 3.05) is 27.3 Å². The molecular formula is C93H139N7O15. The second-order valence-electron chi connectivity index (χ2n) is 32.5. The highest BCUT2D eigenvalue weighted by atomic mass is 16.7. The summed E-state index contributed by atoms with van der Waals surface area (Å²) in [4.78, 5) is 166. The standard InChI is InChI=1S/C47H69N3O7.C42H62N2O6.C4H8N2O2/c1-8-11-14-17-38(29-42(51)37-25-23-36(24-26-37)35-21-19-34(20-22-35)16-13-10-3)46(55)48-40(18-15-12-9-2)43(52)28-33(6)45(54)49-41(27-32(4)5)44(53)30-39-31-50(57-7)47(39)56;1-7-10-13-16-35(28-38(45)34-24-22-33(23-25-34)32-20-18-31(19-21-32)15-12-9-3)41(48)43-36(17-14-11-8-2)39(46)27-30(6)40(47)44-37(42(49)50)26-29(4)5;1-8-6-2-3(5)4(6)7/h19-26,32-33,38-41H,8-18,27-31H2,1-7H3,(H,48,55)(H,49,54);18-25,29-30,35-37H,7-17,26-28H2,1-6H3,(H,43,48)(H,44,47)(H,49,50);3H,2,5H2,1H3/t33-,38-,39-,40+,41+;30-,35-,36+,37+;3-/m111/s1. The summed E-state index contributed by atoms with van der Waals surface area (Å²) >= 11 is 0. The molecule has 10 atom stereocenters. The van der Waals surface area contributed by atoms with Gasteiger partial charge in [0, 0.05) is 66.9 Å². The molecule has 22 heteroatoms. The molecule has 2 saturated heterocycles. The van der Waals surface area contributed by atoms with Gasteiger partial charge in [0.25, 0.3) is 11.8 Å². The molecule has 2 fully saturated rings. The van der Waals surface area contributed by atoms with Gasteiger partial charge in [-0.2, -0.15) is 0 Å². The fraction of sp³-hybridized carbons (Fsp3) is 0.613. The van der Waals surface area contributed by atoms with Crippen molar-refractivity contribution in [2.45, 2.75) is 299 Å². The molecule has 0 aliphatic carbocycles. The zero-order valence-electron chi connectivity index (χ0n) is 71.7. The highest BCUT2D eigenvalue weighted by molar-refractivity contribution is 6.02. The van der Waals surface area contributed by atoms with E-state index < -0.39 is 71.5 Å². The van der Waals surface area contributed by atoms with Crippen LogP contribution in [0.4, 0.5) is 0 Å². The van der Waals surface area contributed by atoms with E-state index >= 15 is 0 Å². The second kappa shape index (κ2) is 53.6. The molecule has 7 N–H and O–H groups in total. The quantitative estimate of drug-likeness (QED) is 0.0136. The Morgan fingerprint density at radius 1 is 0.409 bits per heavy atom. The van der Waals surface area contributed by atoms with Crippen LogP contribution in [0.5, 0.6) is 0 Å². The number of hydrogen-bond donors (Lipinski definition) is 6. The predicted molar refractivity (Wildman–Crippen MR) is 453 cm³/mol. The molecule has 4 aromatic rings. The summed E-state index contributed by atoms with van der Waals surface area (Å²) < 4.78 is 0. The molecule has 115 heavy (non-hydrogen) atoms. The number of hydroxylamine groups is 4. The minimum Gasteiger partial charge on any atom is -0.480 e. The Morgan fingerprint density at radius 2 is 0.739 bits per heavy atom. The van der Waals surface area contributed by atoms with Crippen molar-refractivity contribution < 1.29 is 72.3 Å². The van der Waals surface area contributed by atoms with Crippen LogP contribution in [-0.2, 0) is 70.5 Å². The average Bonchev–Trinajstić information content (AvgIpc) is 0.813. The van der Waals surface area contributed by atoms with Crippen LogP contribution in [0.3, 0.4) is 0 Å². The summed E-state index contributed by atoms with van der Waals surface area (Å²) in [7, 11) is 2.85. The Kier molecular flexibility index (Phi) is 46.0. The molecule has 22 nitrogen and oxygen atoms in total. The van der Waals surface area contributed by atoms with Crippen molar-refractivity contribution >= 4 is 70.3 Å². The zero-order valence-corrected chi connectivity index (χ0v) is 71.7. The lowest BCUT2D eigenvalue weighted by Gasteiger charge is -2.36. The number of amides is 6. The van der Waals surface area contributed by atoms with E-state index in [4.69, 9.17) is 10.6 Å². The predicted octanol–water partition coefficient (Wildman–Crippen LogP) is 16.1. The maximum absolute atomic E-state index is 13.9. The second-order valence-corrected chi connectivity index (χ2v) is 32.5. The number of unbranched alkanes of at least 4 members (excludes halogenated alkanes) is 10. The van der Waals surface area contributed by atoms with Crippen LogP contribution in [0.2, 0.25) is 0 Å². The van der Waals surface area contributed by atoms with Gasteiger partial charge in [0.05, 0.1) is 51.4 Å². The number of hydrogen-bond acceptors (Lipinski definition) is 15. The van der Waals surface area contributed by atoms with Gasteiger partial charge in [0.1, 0.15) is 12.1 Å². The third-order valence-corrected chi connectivity index (χ3v) is 21.6. The SMILES string of the molecule is CCCCC[C@H](CC(=O)c1ccc(-c2ccc(CCCC)cc2)cc1)C(=O)N[C@@H](CCCCC)C(=O)C[C@@H](C)C(=O)N[C@@H](CC(C)C)C(=O)C[C@@H]1CN(OC)C1=O.CCCCC[C@H](CC(=O)c1ccc(-c2ccc(CCCC)cc2)cc1)C(=O)N[C@@H](CCCCC)C(=O)C[C@@H](C)C(=O)N[C@@H](CC(C)C)C(=O)O.CON1C[C@@H](N)C1=O. The van der Waals surface area contributed by atoms with Gasteiger partial charge < -0.3 is 32.1 Å². The van der Waals surface area contributed by atoms with Gasteiger partial charge in [0.15, 0.2) is 28.9 Å². The van der Waals surface area contributed by atoms with E-state index in [1.807, 2.05) is 76.2 Å². The van der Waals surface area contributed by atoms with Gasteiger partial charge in [-0.05, 0) is 109 Å². The number of nitrogens with one attached hydrogen (secondary N) is 4. The van der Waals surface area contributed by atoms with Crippen molar-refractivity contribution in [1.29, 1.82) is 0 Å². The van der Waals surface area contributed by atoms with Gasteiger partial charge in [0.2, 0.25) is 23.6 Å².